The summed E-state index contributed by atoms with van der Waals surface area (Å²) in [5.74, 6) is 0.0686. The van der Waals surface area contributed by atoms with Gasteiger partial charge in [-0.25, -0.2) is 4.39 Å². The van der Waals surface area contributed by atoms with Crippen molar-refractivity contribution in [3.8, 4) is 0 Å². The highest BCUT2D eigenvalue weighted by Crippen LogP contribution is 2.32. The minimum Gasteiger partial charge on any atom is -0.379 e. The molecule has 7 nitrogen and oxygen atoms in total. The maximum Gasteiger partial charge on any atom is 0.243 e. The molecule has 0 spiro atoms. The predicted octanol–water partition coefficient (Wildman–Crippen LogP) is 3.95. The number of likely N-dealkylation sites (N-methyl/N-ethyl adjacent to an activating group) is 1. The maximum absolute atomic E-state index is 14.5. The number of nitrogens with zero attached hydrogens (tertiary/aromatic N) is 2. The minimum atomic E-state index is -0.198. The second kappa shape index (κ2) is 17.3. The second-order valence-electron chi connectivity index (χ2n) is 10.5. The maximum atomic E-state index is 14.5. The molecule has 1 heterocycles. The van der Waals surface area contributed by atoms with Crippen molar-refractivity contribution in [2.24, 2.45) is 0 Å². The summed E-state index contributed by atoms with van der Waals surface area (Å²) in [6.45, 7) is 11.5. The van der Waals surface area contributed by atoms with E-state index in [2.05, 4.69) is 60.1 Å². The van der Waals surface area contributed by atoms with E-state index >= 15 is 0 Å². The fourth-order valence-electron chi connectivity index (χ4n) is 5.15. The molecule has 1 aliphatic rings. The first-order chi connectivity index (χ1) is 19.4. The fourth-order valence-corrected chi connectivity index (χ4v) is 5.15. The normalized spacial score (nSPS) is 17.4. The van der Waals surface area contributed by atoms with Gasteiger partial charge in [-0.15, -0.1) is 0 Å². The molecular weight excluding hydrogens is 509 g/mol. The Hall–Kier alpha value is -2.62. The van der Waals surface area contributed by atoms with Gasteiger partial charge in [0.2, 0.25) is 5.91 Å². The van der Waals surface area contributed by atoms with Crippen LogP contribution >= 0.6 is 0 Å². The molecule has 0 unspecified atom stereocenters. The third-order valence-corrected chi connectivity index (χ3v) is 7.37. The molecule has 0 aromatic heterocycles. The predicted molar refractivity (Wildman–Crippen MR) is 157 cm³/mol. The second-order valence-corrected chi connectivity index (χ2v) is 10.5. The number of benzene rings is 2. The van der Waals surface area contributed by atoms with Gasteiger partial charge in [-0.1, -0.05) is 43.0 Å². The van der Waals surface area contributed by atoms with Gasteiger partial charge in [-0.05, 0) is 62.7 Å². The van der Waals surface area contributed by atoms with E-state index in [9.17, 15) is 9.18 Å². The highest BCUT2D eigenvalue weighted by molar-refractivity contribution is 5.86. The van der Waals surface area contributed by atoms with Crippen LogP contribution in [0.3, 0.4) is 0 Å². The fraction of sp³-hybridized carbons (Fsp3) is 0.531. The molecule has 1 saturated heterocycles. The largest absolute Gasteiger partial charge is 0.379 e. The van der Waals surface area contributed by atoms with E-state index in [0.717, 1.165) is 37.1 Å². The average Bonchev–Trinajstić information content (AvgIpc) is 3.38. The van der Waals surface area contributed by atoms with Crippen LogP contribution in [0.4, 0.5) is 4.39 Å². The number of nitrogens with one attached hydrogen (secondary N) is 1. The molecule has 0 bridgehead atoms. The summed E-state index contributed by atoms with van der Waals surface area (Å²) < 4.78 is 31.2. The van der Waals surface area contributed by atoms with Gasteiger partial charge < -0.3 is 24.4 Å². The Balaban J connectivity index is 1.35. The quantitative estimate of drug-likeness (QED) is 0.222. The molecule has 220 valence electrons. The van der Waals surface area contributed by atoms with E-state index < -0.39 is 0 Å². The van der Waals surface area contributed by atoms with Gasteiger partial charge >= 0.3 is 0 Å². The van der Waals surface area contributed by atoms with E-state index in [1.54, 1.807) is 12.1 Å². The number of amides is 1. The molecular formula is C32H46FN3O4. The van der Waals surface area contributed by atoms with Crippen molar-refractivity contribution in [2.75, 3.05) is 73.4 Å². The van der Waals surface area contributed by atoms with Crippen LogP contribution in [0.15, 0.2) is 55.1 Å². The number of halogens is 1. The monoisotopic (exact) mass is 555 g/mol. The van der Waals surface area contributed by atoms with Gasteiger partial charge in [-0.3, -0.25) is 9.69 Å². The van der Waals surface area contributed by atoms with E-state index in [0.29, 0.717) is 64.7 Å². The van der Waals surface area contributed by atoms with E-state index in [1.807, 2.05) is 13.0 Å². The number of aryl methyl sites for hydroxylation is 2. The first-order valence-corrected chi connectivity index (χ1v) is 14.2. The number of hydrogen-bond acceptors (Lipinski definition) is 6. The zero-order valence-corrected chi connectivity index (χ0v) is 24.4. The molecule has 0 radical (unpaired) electrons. The molecule has 40 heavy (non-hydrogen) atoms. The summed E-state index contributed by atoms with van der Waals surface area (Å²) in [7, 11) is 4.28. The lowest BCUT2D eigenvalue weighted by Crippen LogP contribution is -2.34. The van der Waals surface area contributed by atoms with E-state index in [-0.39, 0.29) is 11.7 Å². The molecule has 1 fully saturated rings. The number of carbonyl (C=O) groups excluding carboxylic acids is 1. The molecule has 8 heteroatoms. The molecule has 1 N–H and O–H groups in total. The number of hydrogen-bond donors (Lipinski definition) is 1. The third kappa shape index (κ3) is 10.4. The third-order valence-electron chi connectivity index (χ3n) is 7.37. The van der Waals surface area contributed by atoms with Crippen LogP contribution < -0.4 is 5.32 Å². The van der Waals surface area contributed by atoms with Crippen LogP contribution in [0.5, 0.6) is 0 Å². The Morgan fingerprint density at radius 1 is 1.05 bits per heavy atom. The smallest absolute Gasteiger partial charge is 0.243 e. The minimum absolute atomic E-state index is 0.113. The van der Waals surface area contributed by atoms with Crippen LogP contribution in [0.25, 0.3) is 0 Å². The molecule has 1 aliphatic heterocycles. The summed E-state index contributed by atoms with van der Waals surface area (Å²) in [6, 6.07) is 14.6. The first-order valence-electron chi connectivity index (χ1n) is 14.2. The lowest BCUT2D eigenvalue weighted by molar-refractivity contribution is -0.116. The summed E-state index contributed by atoms with van der Waals surface area (Å²) in [5, 5.41) is 2.65. The molecule has 0 saturated carbocycles. The first kappa shape index (κ1) is 31.9. The van der Waals surface area contributed by atoms with Crippen molar-refractivity contribution in [3.63, 3.8) is 0 Å². The van der Waals surface area contributed by atoms with Gasteiger partial charge in [0.15, 0.2) is 0 Å². The van der Waals surface area contributed by atoms with Crippen molar-refractivity contribution < 1.29 is 23.4 Å². The Morgan fingerprint density at radius 3 is 2.45 bits per heavy atom. The van der Waals surface area contributed by atoms with Crippen LogP contribution in [-0.2, 0) is 32.0 Å². The Kier molecular flexibility index (Phi) is 13.8. The summed E-state index contributed by atoms with van der Waals surface area (Å²) in [6.07, 6.45) is 3.15. The summed E-state index contributed by atoms with van der Waals surface area (Å²) in [4.78, 5) is 15.7. The zero-order valence-electron chi connectivity index (χ0n) is 24.4. The zero-order chi connectivity index (χ0) is 28.7. The molecule has 0 aliphatic carbocycles. The number of rotatable bonds is 18. The van der Waals surface area contributed by atoms with E-state index in [4.69, 9.17) is 14.2 Å². The van der Waals surface area contributed by atoms with E-state index in [1.165, 1.54) is 17.2 Å². The number of carbonyl (C=O) groups is 1. The van der Waals surface area contributed by atoms with Crippen LogP contribution in [0.2, 0.25) is 0 Å². The van der Waals surface area contributed by atoms with Crippen LogP contribution in [0.1, 0.15) is 34.6 Å². The Bertz CT molecular complexity index is 1040. The van der Waals surface area contributed by atoms with Gasteiger partial charge in [-0.2, -0.15) is 0 Å². The van der Waals surface area contributed by atoms with Crippen molar-refractivity contribution >= 4 is 5.91 Å². The lowest BCUT2D eigenvalue weighted by atomic mass is 9.91. The van der Waals surface area contributed by atoms with Crippen LogP contribution in [-0.4, -0.2) is 95.1 Å². The number of likely N-dealkylation sites (tertiary alicyclic amines) is 1. The van der Waals surface area contributed by atoms with Gasteiger partial charge in [0.25, 0.3) is 0 Å². The van der Waals surface area contributed by atoms with Gasteiger partial charge in [0.05, 0.1) is 33.0 Å². The molecule has 2 atom stereocenters. The van der Waals surface area contributed by atoms with Crippen molar-refractivity contribution in [3.05, 3.63) is 83.2 Å². The number of ether oxygens (including phenoxy) is 3. The summed E-state index contributed by atoms with van der Waals surface area (Å²) in [5.41, 5.74) is 4.49. The standard InChI is InChI=1S/C32H46FN3O4/c1-5-32(37)34-14-16-39-18-20-40-19-17-38-15-8-11-26-10-7-12-27(21-26)29-23-36(24-31(29)35(3)4)22-28-25(2)9-6-13-30(28)33/h5-7,9-10,12-13,21,29,31H,1,8,11,14-20,22-24H2,2-4H3,(H,34,37)/t29-,31+/m1/s1. The average molecular weight is 556 g/mol. The Morgan fingerprint density at radius 2 is 1.75 bits per heavy atom. The topological polar surface area (TPSA) is 63.3 Å². The lowest BCUT2D eigenvalue weighted by Gasteiger charge is -2.26. The van der Waals surface area contributed by atoms with Crippen molar-refractivity contribution in [2.45, 2.75) is 38.3 Å². The molecule has 1 amide bonds. The highest BCUT2D eigenvalue weighted by Gasteiger charge is 2.35. The molecule has 2 aromatic carbocycles. The van der Waals surface area contributed by atoms with Crippen LogP contribution in [0, 0.1) is 12.7 Å². The van der Waals surface area contributed by atoms with Gasteiger partial charge in [0, 0.05) is 50.3 Å². The van der Waals surface area contributed by atoms with Crippen molar-refractivity contribution in [1.29, 1.82) is 0 Å². The summed E-state index contributed by atoms with van der Waals surface area (Å²) >= 11 is 0. The molecule has 2 aromatic rings. The Labute approximate surface area is 239 Å². The van der Waals surface area contributed by atoms with Crippen molar-refractivity contribution in [1.82, 2.24) is 15.1 Å². The van der Waals surface area contributed by atoms with Gasteiger partial charge in [0.1, 0.15) is 5.82 Å². The molecule has 3 rings (SSSR count). The SMILES string of the molecule is C=CC(=O)NCCOCCOCCOCCCc1cccc([C@H]2CN(Cc3c(C)cccc3F)C[C@@H]2N(C)C)c1. The highest BCUT2D eigenvalue weighted by atomic mass is 19.1.